The Morgan fingerprint density at radius 3 is 2.24 bits per heavy atom. The van der Waals surface area contributed by atoms with Gasteiger partial charge in [-0.1, -0.05) is 0 Å². The molecule has 0 bridgehead atoms. The van der Waals surface area contributed by atoms with E-state index in [1.807, 2.05) is 27.7 Å². The Kier molecular flexibility index (Phi) is 10.1. The molecule has 0 saturated carbocycles. The Bertz CT molecular complexity index is 192. The second-order valence-electron chi connectivity index (χ2n) is 4.02. The lowest BCUT2D eigenvalue weighted by Gasteiger charge is -2.17. The van der Waals surface area contributed by atoms with Crippen molar-refractivity contribution in [3.63, 3.8) is 0 Å². The Morgan fingerprint density at radius 2 is 1.76 bits per heavy atom. The van der Waals surface area contributed by atoms with Crippen molar-refractivity contribution < 1.29 is 14.3 Å². The third-order valence-electron chi connectivity index (χ3n) is 1.99. The maximum absolute atomic E-state index is 11.3. The molecule has 0 heterocycles. The fraction of sp³-hybridized carbons (Fsp3) is 0.917. The average Bonchev–Trinajstić information content (AvgIpc) is 2.24. The van der Waals surface area contributed by atoms with Crippen LogP contribution in [0.15, 0.2) is 0 Å². The van der Waals surface area contributed by atoms with E-state index >= 15 is 0 Å². The van der Waals surface area contributed by atoms with Crippen LogP contribution in [0.25, 0.3) is 0 Å². The summed E-state index contributed by atoms with van der Waals surface area (Å²) in [5.74, 6) is 0.0665. The van der Waals surface area contributed by atoms with Gasteiger partial charge in [-0.2, -0.15) is 0 Å². The first-order valence-corrected chi connectivity index (χ1v) is 6.33. The van der Waals surface area contributed by atoms with Crippen molar-refractivity contribution in [3.05, 3.63) is 0 Å². The molecule has 1 amide bonds. The maximum atomic E-state index is 11.3. The second-order valence-corrected chi connectivity index (χ2v) is 4.02. The zero-order valence-corrected chi connectivity index (χ0v) is 11.4. The smallest absolute Gasteiger partial charge is 0.221 e. The van der Waals surface area contributed by atoms with Gasteiger partial charge < -0.3 is 20.1 Å². The average molecular weight is 246 g/mol. The quantitative estimate of drug-likeness (QED) is 0.444. The van der Waals surface area contributed by atoms with Crippen LogP contribution in [0, 0.1) is 0 Å². The highest BCUT2D eigenvalue weighted by molar-refractivity contribution is 5.76. The molecule has 0 saturated heterocycles. The van der Waals surface area contributed by atoms with Gasteiger partial charge in [0.2, 0.25) is 5.91 Å². The molecule has 0 fully saturated rings. The number of carbonyl (C=O) groups excluding carboxylic acids is 1. The predicted molar refractivity (Wildman–Crippen MR) is 67.8 cm³/mol. The number of hydrogen-bond donors (Lipinski definition) is 2. The lowest BCUT2D eigenvalue weighted by molar-refractivity contribution is -0.133. The molecular weight excluding hydrogens is 220 g/mol. The van der Waals surface area contributed by atoms with Crippen molar-refractivity contribution in [2.24, 2.45) is 0 Å². The molecule has 0 radical (unpaired) electrons. The summed E-state index contributed by atoms with van der Waals surface area (Å²) >= 11 is 0. The van der Waals surface area contributed by atoms with Gasteiger partial charge in [0.25, 0.3) is 0 Å². The van der Waals surface area contributed by atoms with Gasteiger partial charge in [0.1, 0.15) is 0 Å². The minimum Gasteiger partial charge on any atom is -0.354 e. The molecule has 0 aliphatic rings. The molecule has 0 aliphatic carbocycles. The Balaban J connectivity index is 3.56. The molecule has 0 aromatic rings. The Hall–Kier alpha value is -0.650. The summed E-state index contributed by atoms with van der Waals surface area (Å²) in [5, 5.41) is 5.99. The van der Waals surface area contributed by atoms with E-state index < -0.39 is 0 Å². The third kappa shape index (κ3) is 10.2. The molecule has 0 aromatic carbocycles. The maximum Gasteiger partial charge on any atom is 0.221 e. The zero-order valence-electron chi connectivity index (χ0n) is 11.4. The summed E-state index contributed by atoms with van der Waals surface area (Å²) in [6, 6.07) is 0.196. The SMILES string of the molecule is CCOC(CNCCC(=O)NC(C)C)OCC. The molecule has 0 rings (SSSR count). The van der Waals surface area contributed by atoms with Gasteiger partial charge in [-0.3, -0.25) is 4.79 Å². The molecule has 17 heavy (non-hydrogen) atoms. The van der Waals surface area contributed by atoms with Crippen LogP contribution in [0.5, 0.6) is 0 Å². The zero-order chi connectivity index (χ0) is 13.1. The van der Waals surface area contributed by atoms with Crippen LogP contribution < -0.4 is 10.6 Å². The van der Waals surface area contributed by atoms with Crippen molar-refractivity contribution in [2.75, 3.05) is 26.3 Å². The monoisotopic (exact) mass is 246 g/mol. The molecule has 5 heteroatoms. The van der Waals surface area contributed by atoms with Gasteiger partial charge in [0.15, 0.2) is 6.29 Å². The van der Waals surface area contributed by atoms with Crippen LogP contribution in [-0.2, 0) is 14.3 Å². The molecular formula is C12H26N2O3. The van der Waals surface area contributed by atoms with Crippen LogP contribution in [-0.4, -0.2) is 44.5 Å². The largest absolute Gasteiger partial charge is 0.354 e. The summed E-state index contributed by atoms with van der Waals surface area (Å²) in [7, 11) is 0. The lowest BCUT2D eigenvalue weighted by Crippen LogP contribution is -2.36. The van der Waals surface area contributed by atoms with Gasteiger partial charge in [-0.25, -0.2) is 0 Å². The highest BCUT2D eigenvalue weighted by atomic mass is 16.7. The second kappa shape index (κ2) is 10.5. The summed E-state index contributed by atoms with van der Waals surface area (Å²) in [6.45, 7) is 10.3. The first kappa shape index (κ1) is 16.4. The number of carbonyl (C=O) groups is 1. The highest BCUT2D eigenvalue weighted by Gasteiger charge is 2.07. The van der Waals surface area contributed by atoms with Crippen LogP contribution in [0.1, 0.15) is 34.1 Å². The van der Waals surface area contributed by atoms with Crippen molar-refractivity contribution in [3.8, 4) is 0 Å². The number of rotatable bonds is 10. The van der Waals surface area contributed by atoms with Gasteiger partial charge in [0, 0.05) is 38.8 Å². The molecule has 5 nitrogen and oxygen atoms in total. The van der Waals surface area contributed by atoms with E-state index in [4.69, 9.17) is 9.47 Å². The van der Waals surface area contributed by atoms with Gasteiger partial charge in [-0.05, 0) is 27.7 Å². The standard InChI is InChI=1S/C12H26N2O3/c1-5-16-12(17-6-2)9-13-8-7-11(15)14-10(3)4/h10,12-13H,5-9H2,1-4H3,(H,14,15). The number of ether oxygens (including phenoxy) is 2. The van der Waals surface area contributed by atoms with E-state index in [9.17, 15) is 4.79 Å². The topological polar surface area (TPSA) is 59.6 Å². The highest BCUT2D eigenvalue weighted by Crippen LogP contribution is 1.93. The molecule has 0 spiro atoms. The predicted octanol–water partition coefficient (Wildman–Crippen LogP) is 0.890. The van der Waals surface area contributed by atoms with E-state index in [0.717, 1.165) is 0 Å². The normalized spacial score (nSPS) is 11.2. The number of amides is 1. The fourth-order valence-electron chi connectivity index (χ4n) is 1.35. The van der Waals surface area contributed by atoms with Crippen LogP contribution in [0.2, 0.25) is 0 Å². The first-order chi connectivity index (χ1) is 8.10. The van der Waals surface area contributed by atoms with E-state index in [-0.39, 0.29) is 18.2 Å². The molecule has 0 atom stereocenters. The van der Waals surface area contributed by atoms with Crippen LogP contribution >= 0.6 is 0 Å². The van der Waals surface area contributed by atoms with Crippen molar-refractivity contribution in [1.82, 2.24) is 10.6 Å². The summed E-state index contributed by atoms with van der Waals surface area (Å²) in [5.41, 5.74) is 0. The van der Waals surface area contributed by atoms with E-state index in [1.54, 1.807) is 0 Å². The Morgan fingerprint density at radius 1 is 1.18 bits per heavy atom. The minimum atomic E-state index is -0.224. The summed E-state index contributed by atoms with van der Waals surface area (Å²) in [4.78, 5) is 11.3. The Labute approximate surface area is 104 Å². The van der Waals surface area contributed by atoms with Gasteiger partial charge in [0.05, 0.1) is 0 Å². The van der Waals surface area contributed by atoms with E-state index in [1.165, 1.54) is 0 Å². The molecule has 0 unspecified atom stereocenters. The number of hydrogen-bond acceptors (Lipinski definition) is 4. The molecule has 102 valence electrons. The third-order valence-corrected chi connectivity index (χ3v) is 1.99. The van der Waals surface area contributed by atoms with E-state index in [2.05, 4.69) is 10.6 Å². The number of nitrogens with one attached hydrogen (secondary N) is 2. The van der Waals surface area contributed by atoms with E-state index in [0.29, 0.717) is 32.7 Å². The van der Waals surface area contributed by atoms with Crippen molar-refractivity contribution in [2.45, 2.75) is 46.4 Å². The summed E-state index contributed by atoms with van der Waals surface area (Å²) < 4.78 is 10.7. The molecule has 2 N–H and O–H groups in total. The minimum absolute atomic E-state index is 0.0665. The van der Waals surface area contributed by atoms with Crippen LogP contribution in [0.4, 0.5) is 0 Å². The van der Waals surface area contributed by atoms with Gasteiger partial charge >= 0.3 is 0 Å². The van der Waals surface area contributed by atoms with Crippen molar-refractivity contribution >= 4 is 5.91 Å². The van der Waals surface area contributed by atoms with Crippen LogP contribution in [0.3, 0.4) is 0 Å². The molecule has 0 aromatic heterocycles. The lowest BCUT2D eigenvalue weighted by atomic mass is 10.3. The fourth-order valence-corrected chi connectivity index (χ4v) is 1.35. The van der Waals surface area contributed by atoms with Gasteiger partial charge in [-0.15, -0.1) is 0 Å². The molecule has 0 aliphatic heterocycles. The summed E-state index contributed by atoms with van der Waals surface area (Å²) in [6.07, 6.45) is 0.251. The first-order valence-electron chi connectivity index (χ1n) is 6.33. The van der Waals surface area contributed by atoms with Crippen molar-refractivity contribution in [1.29, 1.82) is 0 Å².